The molecule has 0 aromatic carbocycles. The SMILES string of the molecule is Cc1nn(C(C)C)c(C)c1CN=C=O. The molecule has 1 heterocycles. The molecule has 0 bridgehead atoms. The minimum atomic E-state index is 0.336. The second-order valence-corrected chi connectivity index (χ2v) is 3.60. The van der Waals surface area contributed by atoms with E-state index in [1.807, 2.05) is 18.5 Å². The number of aromatic nitrogens is 2. The number of nitrogens with zero attached hydrogens (tertiary/aromatic N) is 3. The van der Waals surface area contributed by atoms with E-state index in [2.05, 4.69) is 23.9 Å². The highest BCUT2D eigenvalue weighted by atomic mass is 16.1. The molecule has 4 heteroatoms. The van der Waals surface area contributed by atoms with Crippen LogP contribution in [0.2, 0.25) is 0 Å². The van der Waals surface area contributed by atoms with E-state index in [9.17, 15) is 4.79 Å². The van der Waals surface area contributed by atoms with Crippen molar-refractivity contribution in [1.82, 2.24) is 9.78 Å². The molecule has 4 nitrogen and oxygen atoms in total. The lowest BCUT2D eigenvalue weighted by molar-refractivity contribution is 0.515. The third-order valence-electron chi connectivity index (χ3n) is 2.27. The van der Waals surface area contributed by atoms with Gasteiger partial charge in [0, 0.05) is 17.3 Å². The molecule has 0 aliphatic heterocycles. The van der Waals surface area contributed by atoms with Gasteiger partial charge in [-0.1, -0.05) is 0 Å². The molecular formula is C10H15N3O. The minimum absolute atomic E-state index is 0.336. The molecule has 0 aliphatic carbocycles. The Kier molecular flexibility index (Phi) is 3.20. The molecule has 0 N–H and O–H groups in total. The van der Waals surface area contributed by atoms with Gasteiger partial charge in [0.05, 0.1) is 12.2 Å². The summed E-state index contributed by atoms with van der Waals surface area (Å²) in [4.78, 5) is 13.6. The summed E-state index contributed by atoms with van der Waals surface area (Å²) >= 11 is 0. The number of isocyanates is 1. The Bertz CT molecular complexity index is 373. The first-order valence-corrected chi connectivity index (χ1v) is 4.66. The lowest BCUT2D eigenvalue weighted by atomic mass is 10.2. The van der Waals surface area contributed by atoms with E-state index in [1.54, 1.807) is 6.08 Å². The van der Waals surface area contributed by atoms with Crippen LogP contribution in [0.1, 0.15) is 36.8 Å². The smallest absolute Gasteiger partial charge is 0.235 e. The van der Waals surface area contributed by atoms with Gasteiger partial charge in [-0.05, 0) is 27.7 Å². The van der Waals surface area contributed by atoms with Crippen LogP contribution in [0.3, 0.4) is 0 Å². The molecule has 1 aromatic rings. The Labute approximate surface area is 83.7 Å². The zero-order valence-electron chi connectivity index (χ0n) is 9.03. The topological polar surface area (TPSA) is 47.2 Å². The number of rotatable bonds is 3. The summed E-state index contributed by atoms with van der Waals surface area (Å²) in [5.74, 6) is 0. The quantitative estimate of drug-likeness (QED) is 0.544. The molecule has 1 rings (SSSR count). The third-order valence-corrected chi connectivity index (χ3v) is 2.27. The first kappa shape index (κ1) is 10.7. The molecule has 0 aliphatic rings. The lowest BCUT2D eigenvalue weighted by Crippen LogP contribution is -2.05. The van der Waals surface area contributed by atoms with E-state index in [1.165, 1.54) is 0 Å². The van der Waals surface area contributed by atoms with E-state index in [-0.39, 0.29) is 0 Å². The van der Waals surface area contributed by atoms with Gasteiger partial charge in [-0.25, -0.2) is 9.79 Å². The standard InChI is InChI=1S/C10H15N3O/c1-7(2)13-9(4)10(5-11-6-14)8(3)12-13/h7H,5H2,1-4H3. The van der Waals surface area contributed by atoms with Crippen LogP contribution in [-0.4, -0.2) is 15.9 Å². The summed E-state index contributed by atoms with van der Waals surface area (Å²) in [5.41, 5.74) is 3.05. The second-order valence-electron chi connectivity index (χ2n) is 3.60. The average molecular weight is 193 g/mol. The third kappa shape index (κ3) is 1.91. The van der Waals surface area contributed by atoms with Crippen molar-refractivity contribution in [2.24, 2.45) is 4.99 Å². The molecule has 0 saturated heterocycles. The van der Waals surface area contributed by atoms with Crippen LogP contribution in [0.5, 0.6) is 0 Å². The summed E-state index contributed by atoms with van der Waals surface area (Å²) in [7, 11) is 0. The van der Waals surface area contributed by atoms with Gasteiger partial charge in [-0.3, -0.25) is 4.68 Å². The molecule has 1 aromatic heterocycles. The van der Waals surface area contributed by atoms with Crippen molar-refractivity contribution in [2.75, 3.05) is 0 Å². The van der Waals surface area contributed by atoms with E-state index < -0.39 is 0 Å². The Hall–Kier alpha value is -1.41. The molecule has 0 amide bonds. The first-order valence-electron chi connectivity index (χ1n) is 4.66. The van der Waals surface area contributed by atoms with Gasteiger partial charge < -0.3 is 0 Å². The monoisotopic (exact) mass is 193 g/mol. The predicted molar refractivity (Wildman–Crippen MR) is 53.9 cm³/mol. The fraction of sp³-hybridized carbons (Fsp3) is 0.600. The Morgan fingerprint density at radius 1 is 1.50 bits per heavy atom. The molecule has 76 valence electrons. The maximum atomic E-state index is 10.0. The van der Waals surface area contributed by atoms with Crippen LogP contribution in [-0.2, 0) is 11.3 Å². The van der Waals surface area contributed by atoms with Gasteiger partial charge in [0.15, 0.2) is 0 Å². The zero-order chi connectivity index (χ0) is 10.7. The van der Waals surface area contributed by atoms with E-state index in [0.29, 0.717) is 12.6 Å². The molecule has 0 spiro atoms. The summed E-state index contributed by atoms with van der Waals surface area (Å²) in [6.07, 6.45) is 1.55. The van der Waals surface area contributed by atoms with Gasteiger partial charge in [0.25, 0.3) is 0 Å². The fourth-order valence-electron chi connectivity index (χ4n) is 1.54. The predicted octanol–water partition coefficient (Wildman–Crippen LogP) is 1.92. The van der Waals surface area contributed by atoms with Crippen LogP contribution in [0.15, 0.2) is 4.99 Å². The molecule has 0 radical (unpaired) electrons. The summed E-state index contributed by atoms with van der Waals surface area (Å²) in [6.45, 7) is 8.46. The van der Waals surface area contributed by atoms with Crippen LogP contribution in [0.25, 0.3) is 0 Å². The van der Waals surface area contributed by atoms with Gasteiger partial charge in [-0.15, -0.1) is 0 Å². The molecule has 14 heavy (non-hydrogen) atoms. The lowest BCUT2D eigenvalue weighted by Gasteiger charge is -2.07. The van der Waals surface area contributed by atoms with Crippen molar-refractivity contribution >= 4 is 6.08 Å². The van der Waals surface area contributed by atoms with Crippen molar-refractivity contribution in [3.05, 3.63) is 17.0 Å². The minimum Gasteiger partial charge on any atom is -0.267 e. The second kappa shape index (κ2) is 4.20. The Morgan fingerprint density at radius 2 is 2.14 bits per heavy atom. The van der Waals surface area contributed by atoms with E-state index in [0.717, 1.165) is 17.0 Å². The maximum Gasteiger partial charge on any atom is 0.235 e. The van der Waals surface area contributed by atoms with Crippen LogP contribution in [0, 0.1) is 13.8 Å². The summed E-state index contributed by atoms with van der Waals surface area (Å²) in [6, 6.07) is 0.336. The molecule has 0 atom stereocenters. The number of hydrogen-bond acceptors (Lipinski definition) is 3. The van der Waals surface area contributed by atoms with Crippen molar-refractivity contribution < 1.29 is 4.79 Å². The number of hydrogen-bond donors (Lipinski definition) is 0. The molecule has 0 unspecified atom stereocenters. The van der Waals surface area contributed by atoms with Gasteiger partial charge >= 0.3 is 0 Å². The Balaban J connectivity index is 3.10. The number of aryl methyl sites for hydroxylation is 1. The highest BCUT2D eigenvalue weighted by molar-refractivity contribution is 5.35. The fourth-order valence-corrected chi connectivity index (χ4v) is 1.54. The highest BCUT2D eigenvalue weighted by Gasteiger charge is 2.12. The van der Waals surface area contributed by atoms with Crippen molar-refractivity contribution in [3.63, 3.8) is 0 Å². The number of aliphatic imine (C=N–C) groups is 1. The van der Waals surface area contributed by atoms with E-state index in [4.69, 9.17) is 0 Å². The van der Waals surface area contributed by atoms with Crippen molar-refractivity contribution in [2.45, 2.75) is 40.3 Å². The largest absolute Gasteiger partial charge is 0.267 e. The van der Waals surface area contributed by atoms with Crippen molar-refractivity contribution in [3.8, 4) is 0 Å². The molecule has 0 fully saturated rings. The van der Waals surface area contributed by atoms with Gasteiger partial charge in [0.1, 0.15) is 0 Å². The van der Waals surface area contributed by atoms with Crippen LogP contribution in [0.4, 0.5) is 0 Å². The van der Waals surface area contributed by atoms with Gasteiger partial charge in [-0.2, -0.15) is 5.10 Å². The number of carbonyl (C=O) groups excluding carboxylic acids is 1. The summed E-state index contributed by atoms with van der Waals surface area (Å²) < 4.78 is 1.95. The first-order chi connectivity index (χ1) is 6.57. The van der Waals surface area contributed by atoms with Gasteiger partial charge in [0.2, 0.25) is 6.08 Å². The van der Waals surface area contributed by atoms with Crippen LogP contribution < -0.4 is 0 Å². The summed E-state index contributed by atoms with van der Waals surface area (Å²) in [5, 5.41) is 4.39. The maximum absolute atomic E-state index is 10.0. The highest BCUT2D eigenvalue weighted by Crippen LogP contribution is 2.17. The van der Waals surface area contributed by atoms with Crippen molar-refractivity contribution in [1.29, 1.82) is 0 Å². The van der Waals surface area contributed by atoms with E-state index >= 15 is 0 Å². The Morgan fingerprint density at radius 3 is 2.57 bits per heavy atom. The normalized spacial score (nSPS) is 10.4. The molecular weight excluding hydrogens is 178 g/mol. The van der Waals surface area contributed by atoms with Crippen LogP contribution >= 0.6 is 0 Å². The molecule has 0 saturated carbocycles. The average Bonchev–Trinajstić information content (AvgIpc) is 2.40. The zero-order valence-corrected chi connectivity index (χ0v) is 9.03.